The standard InChI is InChI=1S/C25H20N6O3S/c26-16-20(23-28-27-22-12-5-2-6-13-29(22)23)25-30(18-9-3-1-4-10-18)24(32)21(35-25)15-17-8-7-11-19(14-17)31(33)34/h1,3-4,7-11,14-15H,2,5-6,12-13H2/b21-15-,25-20+. The van der Waals surface area contributed by atoms with Gasteiger partial charge in [-0.25, -0.2) is 0 Å². The van der Waals surface area contributed by atoms with Crippen molar-refractivity contribution in [2.45, 2.75) is 32.2 Å². The maximum atomic E-state index is 13.6. The molecule has 0 radical (unpaired) electrons. The lowest BCUT2D eigenvalue weighted by molar-refractivity contribution is -0.384. The van der Waals surface area contributed by atoms with Crippen LogP contribution in [0.25, 0.3) is 17.3 Å². The minimum absolute atomic E-state index is 0.0608. The summed E-state index contributed by atoms with van der Waals surface area (Å²) in [5, 5.41) is 30.1. The van der Waals surface area contributed by atoms with Crippen molar-refractivity contribution in [2.75, 3.05) is 0 Å². The van der Waals surface area contributed by atoms with E-state index in [2.05, 4.69) is 16.3 Å². The smallest absolute Gasteiger partial charge is 0.273 e. The van der Waals surface area contributed by atoms with Crippen LogP contribution in [0.3, 0.4) is 0 Å². The molecule has 0 saturated heterocycles. The molecule has 0 unspecified atom stereocenters. The first kappa shape index (κ1) is 22.4. The second-order valence-electron chi connectivity index (χ2n) is 8.13. The summed E-state index contributed by atoms with van der Waals surface area (Å²) >= 11 is 1.16. The maximum absolute atomic E-state index is 13.6. The van der Waals surface area contributed by atoms with Crippen LogP contribution in [-0.2, 0) is 13.0 Å². The van der Waals surface area contributed by atoms with Gasteiger partial charge in [-0.05, 0) is 36.6 Å². The summed E-state index contributed by atoms with van der Waals surface area (Å²) in [7, 11) is 0. The molecule has 2 aromatic carbocycles. The predicted octanol–water partition coefficient (Wildman–Crippen LogP) is 2.68. The highest BCUT2D eigenvalue weighted by Crippen LogP contribution is 2.19. The summed E-state index contributed by atoms with van der Waals surface area (Å²) in [6, 6.07) is 17.5. The average molecular weight is 485 g/mol. The summed E-state index contributed by atoms with van der Waals surface area (Å²) in [6.07, 6.45) is 5.49. The first-order valence-corrected chi connectivity index (χ1v) is 12.0. The maximum Gasteiger partial charge on any atom is 0.273 e. The van der Waals surface area contributed by atoms with Crippen LogP contribution in [0.2, 0.25) is 0 Å². The molecule has 0 fully saturated rings. The molecule has 0 spiro atoms. The lowest BCUT2D eigenvalue weighted by atomic mass is 10.2. The molecule has 9 nitrogen and oxygen atoms in total. The molecular weight excluding hydrogens is 464 g/mol. The Labute approximate surface area is 203 Å². The van der Waals surface area contributed by atoms with Crippen molar-refractivity contribution in [3.63, 3.8) is 0 Å². The van der Waals surface area contributed by atoms with E-state index in [1.165, 1.54) is 16.7 Å². The summed E-state index contributed by atoms with van der Waals surface area (Å²) in [5.74, 6) is 1.30. The van der Waals surface area contributed by atoms with Gasteiger partial charge in [-0.2, -0.15) is 5.26 Å². The number of thiazole rings is 1. The molecule has 3 heterocycles. The summed E-state index contributed by atoms with van der Waals surface area (Å²) in [6.45, 7) is 0.719. The SMILES string of the molecule is N#C/C(c1nnc2n1CCCCC2)=c1\s/c(=C\c2cccc([N+](=O)[O-])c2)c(=O)n1-c1ccccc1. The number of nitriles is 1. The van der Waals surface area contributed by atoms with Crippen molar-refractivity contribution < 1.29 is 4.92 Å². The van der Waals surface area contributed by atoms with Gasteiger partial charge >= 0.3 is 0 Å². The average Bonchev–Trinajstić information content (AvgIpc) is 3.31. The van der Waals surface area contributed by atoms with Gasteiger partial charge in [0, 0.05) is 25.1 Å². The highest BCUT2D eigenvalue weighted by atomic mass is 32.1. The Bertz CT molecular complexity index is 1640. The third-order valence-electron chi connectivity index (χ3n) is 5.88. The van der Waals surface area contributed by atoms with Crippen LogP contribution in [0.4, 0.5) is 5.69 Å². The third kappa shape index (κ3) is 4.29. The molecule has 0 bridgehead atoms. The van der Waals surface area contributed by atoms with E-state index in [-0.39, 0.29) is 16.8 Å². The Morgan fingerprint density at radius 3 is 2.71 bits per heavy atom. The Hall–Kier alpha value is -4.36. The number of nitro benzene ring substituents is 1. The molecule has 0 N–H and O–H groups in total. The fourth-order valence-corrected chi connectivity index (χ4v) is 5.30. The Balaban J connectivity index is 1.81. The van der Waals surface area contributed by atoms with Crippen LogP contribution in [-0.4, -0.2) is 24.3 Å². The zero-order chi connectivity index (χ0) is 24.4. The third-order valence-corrected chi connectivity index (χ3v) is 6.97. The number of fused-ring (bicyclic) bond motifs is 1. The molecule has 10 heteroatoms. The minimum Gasteiger partial charge on any atom is -0.310 e. The van der Waals surface area contributed by atoms with Crippen LogP contribution >= 0.6 is 11.3 Å². The van der Waals surface area contributed by atoms with E-state index in [1.807, 2.05) is 22.8 Å². The molecule has 0 aliphatic carbocycles. The molecule has 4 aromatic rings. The van der Waals surface area contributed by atoms with E-state index in [0.717, 1.165) is 49.4 Å². The number of hydrogen-bond acceptors (Lipinski definition) is 7. The van der Waals surface area contributed by atoms with Crippen LogP contribution in [0.15, 0.2) is 59.4 Å². The highest BCUT2D eigenvalue weighted by Gasteiger charge is 2.21. The molecule has 1 aliphatic rings. The highest BCUT2D eigenvalue weighted by molar-refractivity contribution is 7.07. The van der Waals surface area contributed by atoms with Crippen molar-refractivity contribution in [1.29, 1.82) is 5.26 Å². The molecule has 0 saturated carbocycles. The number of rotatable bonds is 4. The number of benzene rings is 2. The van der Waals surface area contributed by atoms with Crippen molar-refractivity contribution in [1.82, 2.24) is 19.3 Å². The van der Waals surface area contributed by atoms with E-state index in [1.54, 1.807) is 30.3 Å². The quantitative estimate of drug-likeness (QED) is 0.324. The lowest BCUT2D eigenvalue weighted by Gasteiger charge is -2.07. The van der Waals surface area contributed by atoms with Gasteiger partial charge in [-0.1, -0.05) is 36.8 Å². The van der Waals surface area contributed by atoms with E-state index < -0.39 is 4.92 Å². The number of nitro groups is 1. The van der Waals surface area contributed by atoms with Crippen molar-refractivity contribution in [2.24, 2.45) is 0 Å². The first-order chi connectivity index (χ1) is 17.1. The molecule has 0 amide bonds. The van der Waals surface area contributed by atoms with Crippen molar-refractivity contribution >= 4 is 28.7 Å². The summed E-state index contributed by atoms with van der Waals surface area (Å²) in [5.41, 5.74) is 1.04. The zero-order valence-electron chi connectivity index (χ0n) is 18.6. The van der Waals surface area contributed by atoms with E-state index >= 15 is 0 Å². The molecule has 2 aromatic heterocycles. The first-order valence-electron chi connectivity index (χ1n) is 11.2. The number of para-hydroxylation sites is 1. The minimum atomic E-state index is -0.474. The van der Waals surface area contributed by atoms with Crippen LogP contribution in [0.5, 0.6) is 0 Å². The van der Waals surface area contributed by atoms with Gasteiger partial charge in [0.1, 0.15) is 22.1 Å². The van der Waals surface area contributed by atoms with Crippen LogP contribution < -0.4 is 14.8 Å². The number of aryl methyl sites for hydroxylation is 1. The topological polar surface area (TPSA) is 120 Å². The van der Waals surface area contributed by atoms with Gasteiger partial charge in [-0.15, -0.1) is 21.5 Å². The van der Waals surface area contributed by atoms with E-state index in [9.17, 15) is 20.2 Å². The summed E-state index contributed by atoms with van der Waals surface area (Å²) < 4.78 is 4.28. The predicted molar refractivity (Wildman–Crippen MR) is 132 cm³/mol. The Morgan fingerprint density at radius 2 is 1.94 bits per heavy atom. The number of non-ortho nitro benzene ring substituents is 1. The van der Waals surface area contributed by atoms with Crippen molar-refractivity contribution in [3.05, 3.63) is 101 Å². The van der Waals surface area contributed by atoms with Crippen molar-refractivity contribution in [3.8, 4) is 11.8 Å². The number of hydrogen-bond donors (Lipinski definition) is 0. The van der Waals surface area contributed by atoms with Crippen LogP contribution in [0.1, 0.15) is 36.5 Å². The molecule has 0 atom stereocenters. The monoisotopic (exact) mass is 484 g/mol. The second kappa shape index (κ2) is 9.48. The van der Waals surface area contributed by atoms with Crippen LogP contribution in [0, 0.1) is 21.4 Å². The molecule has 174 valence electrons. The Morgan fingerprint density at radius 1 is 1.11 bits per heavy atom. The van der Waals surface area contributed by atoms with Gasteiger partial charge in [0.25, 0.3) is 11.2 Å². The fraction of sp³-hybridized carbons (Fsp3) is 0.200. The zero-order valence-corrected chi connectivity index (χ0v) is 19.4. The number of aromatic nitrogens is 4. The largest absolute Gasteiger partial charge is 0.310 e. The van der Waals surface area contributed by atoms with E-state index in [0.29, 0.717) is 26.3 Å². The van der Waals surface area contributed by atoms with Gasteiger partial charge in [-0.3, -0.25) is 19.5 Å². The molecule has 5 rings (SSSR count). The van der Waals surface area contributed by atoms with E-state index in [4.69, 9.17) is 0 Å². The molecule has 35 heavy (non-hydrogen) atoms. The van der Waals surface area contributed by atoms with Gasteiger partial charge in [0.15, 0.2) is 5.82 Å². The lowest BCUT2D eigenvalue weighted by Crippen LogP contribution is -2.31. The molecule has 1 aliphatic heterocycles. The summed E-state index contributed by atoms with van der Waals surface area (Å²) in [4.78, 5) is 24.3. The van der Waals surface area contributed by atoms with Gasteiger partial charge < -0.3 is 4.57 Å². The Kier molecular flexibility index (Phi) is 6.08. The van der Waals surface area contributed by atoms with Gasteiger partial charge in [0.2, 0.25) is 0 Å². The normalized spacial score (nSPS) is 14.7. The van der Waals surface area contributed by atoms with Gasteiger partial charge in [0.05, 0.1) is 15.1 Å². The second-order valence-corrected chi connectivity index (χ2v) is 9.16. The molecular formula is C25H20N6O3S. The fourth-order valence-electron chi connectivity index (χ4n) is 4.20. The number of nitrogens with zero attached hydrogens (tertiary/aromatic N) is 6.